The highest BCUT2D eigenvalue weighted by Gasteiger charge is 2.25. The summed E-state index contributed by atoms with van der Waals surface area (Å²) in [6.45, 7) is 6.25. The quantitative estimate of drug-likeness (QED) is 0.570. The fourth-order valence-electron chi connectivity index (χ4n) is 4.35. The van der Waals surface area contributed by atoms with Gasteiger partial charge in [0.2, 0.25) is 5.91 Å². The first-order valence-electron chi connectivity index (χ1n) is 11.2. The molecule has 1 fully saturated rings. The van der Waals surface area contributed by atoms with Crippen LogP contribution < -0.4 is 5.32 Å². The number of amides is 1. The Labute approximate surface area is 188 Å². The fraction of sp³-hybridized carbons (Fsp3) is 0.400. The van der Waals surface area contributed by atoms with Crippen LogP contribution in [-0.2, 0) is 11.3 Å². The molecule has 0 saturated carbocycles. The lowest BCUT2D eigenvalue weighted by Gasteiger charge is -2.33. The van der Waals surface area contributed by atoms with E-state index in [1.165, 1.54) is 12.1 Å². The zero-order valence-corrected chi connectivity index (χ0v) is 18.7. The van der Waals surface area contributed by atoms with Crippen LogP contribution in [0.4, 0.5) is 15.8 Å². The normalized spacial score (nSPS) is 16.2. The number of likely N-dealkylation sites (tertiary alicyclic amines) is 1. The molecule has 0 spiro atoms. The van der Waals surface area contributed by atoms with Crippen molar-refractivity contribution in [3.63, 3.8) is 0 Å². The fourth-order valence-corrected chi connectivity index (χ4v) is 4.35. The zero-order valence-electron chi connectivity index (χ0n) is 18.7. The number of aromatic nitrogens is 3. The molecule has 6 nitrogen and oxygen atoms in total. The SMILES string of the molecule is Cc1cc(Nc2cccc(F)c2)cc([C@H]2CCCN(C(=O)CCCn3ccnc3C)C2)n1. The summed E-state index contributed by atoms with van der Waals surface area (Å²) in [5, 5.41) is 3.28. The number of piperidine rings is 1. The molecule has 1 aliphatic heterocycles. The Balaban J connectivity index is 1.38. The van der Waals surface area contributed by atoms with Crippen LogP contribution in [0.2, 0.25) is 0 Å². The van der Waals surface area contributed by atoms with Gasteiger partial charge in [-0.3, -0.25) is 9.78 Å². The smallest absolute Gasteiger partial charge is 0.222 e. The number of nitrogens with zero attached hydrogens (tertiary/aromatic N) is 4. The van der Waals surface area contributed by atoms with Crippen molar-refractivity contribution in [2.45, 2.75) is 52.0 Å². The standard InChI is InChI=1S/C25H30FN5O/c1-18-14-23(29-22-8-3-7-21(26)15-22)16-24(28-18)20-6-4-12-31(17-20)25(32)9-5-11-30-13-10-27-19(30)2/h3,7-8,10,13-16,20H,4-6,9,11-12,17H2,1-2H3,(H,28,29)/t20-/m0/s1. The van der Waals surface area contributed by atoms with Gasteiger partial charge in [0.05, 0.1) is 0 Å². The minimum atomic E-state index is -0.273. The maximum absolute atomic E-state index is 13.5. The number of pyridine rings is 1. The van der Waals surface area contributed by atoms with Gasteiger partial charge in [-0.1, -0.05) is 6.07 Å². The van der Waals surface area contributed by atoms with Crippen LogP contribution in [0.15, 0.2) is 48.8 Å². The van der Waals surface area contributed by atoms with Gasteiger partial charge in [0.1, 0.15) is 11.6 Å². The van der Waals surface area contributed by atoms with Crippen molar-refractivity contribution < 1.29 is 9.18 Å². The van der Waals surface area contributed by atoms with E-state index < -0.39 is 0 Å². The number of halogens is 1. The second-order valence-electron chi connectivity index (χ2n) is 8.51. The Hall–Kier alpha value is -3.22. The van der Waals surface area contributed by atoms with Crippen LogP contribution in [0.3, 0.4) is 0 Å². The summed E-state index contributed by atoms with van der Waals surface area (Å²) >= 11 is 0. The second-order valence-corrected chi connectivity index (χ2v) is 8.51. The Kier molecular flexibility index (Phi) is 6.83. The van der Waals surface area contributed by atoms with Crippen LogP contribution in [0, 0.1) is 19.7 Å². The average molecular weight is 436 g/mol. The van der Waals surface area contributed by atoms with Gasteiger partial charge in [-0.2, -0.15) is 0 Å². The maximum atomic E-state index is 13.5. The van der Waals surface area contributed by atoms with E-state index in [4.69, 9.17) is 4.98 Å². The first kappa shape index (κ1) is 22.0. The summed E-state index contributed by atoms with van der Waals surface area (Å²) < 4.78 is 15.6. The minimum absolute atomic E-state index is 0.205. The predicted octanol–water partition coefficient (Wildman–Crippen LogP) is 4.96. The topological polar surface area (TPSA) is 63.1 Å². The number of hydrogen-bond acceptors (Lipinski definition) is 4. The summed E-state index contributed by atoms with van der Waals surface area (Å²) in [6, 6.07) is 10.4. The molecule has 1 atom stereocenters. The van der Waals surface area contributed by atoms with Crippen molar-refractivity contribution in [1.29, 1.82) is 0 Å². The number of anilines is 2. The first-order valence-corrected chi connectivity index (χ1v) is 11.2. The van der Waals surface area contributed by atoms with Crippen molar-refractivity contribution in [3.8, 4) is 0 Å². The molecule has 3 heterocycles. The maximum Gasteiger partial charge on any atom is 0.222 e. The highest BCUT2D eigenvalue weighted by molar-refractivity contribution is 5.76. The number of hydrogen-bond donors (Lipinski definition) is 1. The van der Waals surface area contributed by atoms with Gasteiger partial charge in [-0.25, -0.2) is 9.37 Å². The molecule has 1 aromatic carbocycles. The number of carbonyl (C=O) groups is 1. The molecule has 4 rings (SSSR count). The van der Waals surface area contributed by atoms with Crippen molar-refractivity contribution >= 4 is 17.3 Å². The predicted molar refractivity (Wildman–Crippen MR) is 123 cm³/mol. The van der Waals surface area contributed by atoms with E-state index in [0.29, 0.717) is 18.7 Å². The van der Waals surface area contributed by atoms with Gasteiger partial charge in [-0.05, 0) is 63.4 Å². The molecular weight excluding hydrogens is 405 g/mol. The number of nitrogens with one attached hydrogen (secondary N) is 1. The van der Waals surface area contributed by atoms with Gasteiger partial charge in [-0.15, -0.1) is 0 Å². The van der Waals surface area contributed by atoms with E-state index in [1.54, 1.807) is 12.3 Å². The average Bonchev–Trinajstić information content (AvgIpc) is 3.18. The zero-order chi connectivity index (χ0) is 22.5. The molecule has 0 bridgehead atoms. The van der Waals surface area contributed by atoms with E-state index in [9.17, 15) is 9.18 Å². The molecule has 1 aliphatic rings. The number of carbonyl (C=O) groups excluding carboxylic acids is 1. The largest absolute Gasteiger partial charge is 0.355 e. The lowest BCUT2D eigenvalue weighted by Crippen LogP contribution is -2.39. The highest BCUT2D eigenvalue weighted by atomic mass is 19.1. The van der Waals surface area contributed by atoms with E-state index in [0.717, 1.165) is 55.3 Å². The molecule has 1 N–H and O–H groups in total. The van der Waals surface area contributed by atoms with E-state index >= 15 is 0 Å². The molecule has 1 saturated heterocycles. The third-order valence-electron chi connectivity index (χ3n) is 5.99. The Bertz CT molecular complexity index is 1080. The van der Waals surface area contributed by atoms with E-state index in [-0.39, 0.29) is 17.6 Å². The molecule has 0 unspecified atom stereocenters. The van der Waals surface area contributed by atoms with Gasteiger partial charge in [0.25, 0.3) is 0 Å². The van der Waals surface area contributed by atoms with Gasteiger partial charge >= 0.3 is 0 Å². The lowest BCUT2D eigenvalue weighted by atomic mass is 9.93. The van der Waals surface area contributed by atoms with Gasteiger partial charge in [0, 0.05) is 67.1 Å². The third-order valence-corrected chi connectivity index (χ3v) is 5.99. The van der Waals surface area contributed by atoms with Crippen LogP contribution in [0.1, 0.15) is 48.8 Å². The van der Waals surface area contributed by atoms with Crippen LogP contribution in [0.5, 0.6) is 0 Å². The summed E-state index contributed by atoms with van der Waals surface area (Å²) in [6.07, 6.45) is 7.07. The molecule has 2 aromatic heterocycles. The summed E-state index contributed by atoms with van der Waals surface area (Å²) in [5.74, 6) is 1.11. The molecule has 32 heavy (non-hydrogen) atoms. The van der Waals surface area contributed by atoms with Crippen molar-refractivity contribution in [1.82, 2.24) is 19.4 Å². The molecule has 7 heteroatoms. The van der Waals surface area contributed by atoms with E-state index in [2.05, 4.69) is 14.9 Å². The number of rotatable bonds is 7. The summed E-state index contributed by atoms with van der Waals surface area (Å²) in [4.78, 5) is 23.8. The monoisotopic (exact) mass is 435 g/mol. The molecular formula is C25H30FN5O. The summed E-state index contributed by atoms with van der Waals surface area (Å²) in [7, 11) is 0. The van der Waals surface area contributed by atoms with Crippen LogP contribution in [-0.4, -0.2) is 38.4 Å². The van der Waals surface area contributed by atoms with Gasteiger partial charge < -0.3 is 14.8 Å². The first-order chi connectivity index (χ1) is 15.5. The number of imidazole rings is 1. The van der Waals surface area contributed by atoms with Crippen molar-refractivity contribution in [2.75, 3.05) is 18.4 Å². The Morgan fingerprint density at radius 3 is 2.88 bits per heavy atom. The summed E-state index contributed by atoms with van der Waals surface area (Å²) in [5.41, 5.74) is 3.48. The van der Waals surface area contributed by atoms with Crippen LogP contribution in [0.25, 0.3) is 0 Å². The Morgan fingerprint density at radius 2 is 2.09 bits per heavy atom. The van der Waals surface area contributed by atoms with Crippen LogP contribution >= 0.6 is 0 Å². The molecule has 0 radical (unpaired) electrons. The number of benzene rings is 1. The number of aryl methyl sites for hydroxylation is 3. The Morgan fingerprint density at radius 1 is 1.22 bits per heavy atom. The van der Waals surface area contributed by atoms with Crippen molar-refractivity contribution in [3.05, 3.63) is 71.8 Å². The van der Waals surface area contributed by atoms with E-state index in [1.807, 2.05) is 43.1 Å². The molecule has 3 aromatic rings. The molecule has 1 amide bonds. The minimum Gasteiger partial charge on any atom is -0.355 e. The lowest BCUT2D eigenvalue weighted by molar-refractivity contribution is -0.132. The third kappa shape index (κ3) is 5.52. The highest BCUT2D eigenvalue weighted by Crippen LogP contribution is 2.29. The molecule has 0 aliphatic carbocycles. The molecule has 168 valence electrons. The van der Waals surface area contributed by atoms with Gasteiger partial charge in [0.15, 0.2) is 0 Å². The second kappa shape index (κ2) is 9.94. The van der Waals surface area contributed by atoms with Crippen molar-refractivity contribution in [2.24, 2.45) is 0 Å².